The van der Waals surface area contributed by atoms with Crippen LogP contribution in [0.5, 0.6) is 0 Å². The zero-order valence-corrected chi connectivity index (χ0v) is 12.7. The van der Waals surface area contributed by atoms with E-state index in [1.54, 1.807) is 11.2 Å². The first-order valence-corrected chi connectivity index (χ1v) is 8.35. The highest BCUT2D eigenvalue weighted by Crippen LogP contribution is 2.25. The number of hydrogen-bond donors (Lipinski definition) is 0. The highest BCUT2D eigenvalue weighted by atomic mass is 32.2. The number of aryl methyl sites for hydroxylation is 2. The van der Waals surface area contributed by atoms with Gasteiger partial charge in [0.2, 0.25) is 10.0 Å². The monoisotopic (exact) mass is 282 g/mol. The van der Waals surface area contributed by atoms with Crippen LogP contribution in [-0.4, -0.2) is 44.7 Å². The van der Waals surface area contributed by atoms with Crippen LogP contribution in [0.15, 0.2) is 18.2 Å². The van der Waals surface area contributed by atoms with Crippen molar-refractivity contribution >= 4 is 15.7 Å². The second-order valence-electron chi connectivity index (χ2n) is 5.03. The van der Waals surface area contributed by atoms with Gasteiger partial charge in [0, 0.05) is 31.9 Å². The predicted molar refractivity (Wildman–Crippen MR) is 79.2 cm³/mol. The van der Waals surface area contributed by atoms with Gasteiger partial charge in [-0.15, -0.1) is 0 Å². The van der Waals surface area contributed by atoms with Crippen molar-refractivity contribution in [2.24, 2.45) is 0 Å². The Morgan fingerprint density at radius 2 is 1.58 bits per heavy atom. The number of sulfonamides is 1. The summed E-state index contributed by atoms with van der Waals surface area (Å²) in [4.78, 5) is 2.30. The van der Waals surface area contributed by atoms with Crippen molar-refractivity contribution in [3.05, 3.63) is 29.3 Å². The van der Waals surface area contributed by atoms with Crippen molar-refractivity contribution in [3.8, 4) is 0 Å². The van der Waals surface area contributed by atoms with Crippen LogP contribution in [0.2, 0.25) is 0 Å². The quantitative estimate of drug-likeness (QED) is 0.848. The molecule has 0 atom stereocenters. The Balaban J connectivity index is 2.13. The molecular weight excluding hydrogens is 260 g/mol. The Morgan fingerprint density at radius 3 is 2.05 bits per heavy atom. The van der Waals surface area contributed by atoms with E-state index in [0.717, 1.165) is 13.1 Å². The zero-order valence-electron chi connectivity index (χ0n) is 11.9. The van der Waals surface area contributed by atoms with E-state index in [1.165, 1.54) is 16.8 Å². The summed E-state index contributed by atoms with van der Waals surface area (Å²) in [5.74, 6) is 0.191. The van der Waals surface area contributed by atoms with Crippen molar-refractivity contribution < 1.29 is 8.42 Å². The van der Waals surface area contributed by atoms with E-state index in [4.69, 9.17) is 0 Å². The summed E-state index contributed by atoms with van der Waals surface area (Å²) >= 11 is 0. The molecule has 0 aromatic heterocycles. The lowest BCUT2D eigenvalue weighted by Gasteiger charge is -2.36. The number of anilines is 1. The zero-order chi connectivity index (χ0) is 14.0. The first-order valence-electron chi connectivity index (χ1n) is 6.74. The van der Waals surface area contributed by atoms with Crippen molar-refractivity contribution in [2.45, 2.75) is 20.8 Å². The van der Waals surface area contributed by atoms with Gasteiger partial charge in [-0.1, -0.05) is 18.2 Å². The van der Waals surface area contributed by atoms with Gasteiger partial charge in [-0.05, 0) is 31.9 Å². The molecule has 1 aliphatic heterocycles. The van der Waals surface area contributed by atoms with E-state index in [0.29, 0.717) is 13.1 Å². The minimum absolute atomic E-state index is 0.191. The maximum Gasteiger partial charge on any atom is 0.213 e. The van der Waals surface area contributed by atoms with E-state index in [9.17, 15) is 8.42 Å². The van der Waals surface area contributed by atoms with Crippen LogP contribution in [0.3, 0.4) is 0 Å². The lowest BCUT2D eigenvalue weighted by atomic mass is 10.1. The SMILES string of the molecule is CCS(=O)(=O)N1CCN(c2c(C)cccc2C)CC1. The smallest absolute Gasteiger partial charge is 0.213 e. The van der Waals surface area contributed by atoms with Crippen molar-refractivity contribution in [1.29, 1.82) is 0 Å². The molecule has 0 radical (unpaired) electrons. The van der Waals surface area contributed by atoms with Gasteiger partial charge in [0.05, 0.1) is 5.75 Å². The molecule has 0 spiro atoms. The molecule has 1 heterocycles. The lowest BCUT2D eigenvalue weighted by molar-refractivity contribution is 0.385. The Labute approximate surface area is 116 Å². The van der Waals surface area contributed by atoms with Gasteiger partial charge in [0.25, 0.3) is 0 Å². The largest absolute Gasteiger partial charge is 0.368 e. The Morgan fingerprint density at radius 1 is 1.05 bits per heavy atom. The first kappa shape index (κ1) is 14.3. The molecule has 106 valence electrons. The molecule has 19 heavy (non-hydrogen) atoms. The van der Waals surface area contributed by atoms with Crippen LogP contribution >= 0.6 is 0 Å². The number of hydrogen-bond acceptors (Lipinski definition) is 3. The lowest BCUT2D eigenvalue weighted by Crippen LogP contribution is -2.49. The molecule has 0 aliphatic carbocycles. The van der Waals surface area contributed by atoms with Gasteiger partial charge < -0.3 is 4.90 Å². The third kappa shape index (κ3) is 2.92. The van der Waals surface area contributed by atoms with Crippen LogP contribution in [0.1, 0.15) is 18.1 Å². The number of para-hydroxylation sites is 1. The first-order chi connectivity index (χ1) is 8.95. The molecule has 0 unspecified atom stereocenters. The summed E-state index contributed by atoms with van der Waals surface area (Å²) in [5, 5.41) is 0. The van der Waals surface area contributed by atoms with E-state index in [1.807, 2.05) is 0 Å². The summed E-state index contributed by atoms with van der Waals surface area (Å²) in [6.45, 7) is 8.63. The fraction of sp³-hybridized carbons (Fsp3) is 0.571. The highest BCUT2D eigenvalue weighted by Gasteiger charge is 2.26. The summed E-state index contributed by atoms with van der Waals surface area (Å²) in [6.07, 6.45) is 0. The molecule has 5 heteroatoms. The third-order valence-corrected chi connectivity index (χ3v) is 5.63. The van der Waals surface area contributed by atoms with Crippen LogP contribution in [0.4, 0.5) is 5.69 Å². The Bertz CT molecular complexity index is 526. The van der Waals surface area contributed by atoms with Gasteiger partial charge in [0.1, 0.15) is 0 Å². The molecule has 2 rings (SSSR count). The van der Waals surface area contributed by atoms with Gasteiger partial charge in [-0.2, -0.15) is 4.31 Å². The summed E-state index contributed by atoms with van der Waals surface area (Å²) in [5.41, 5.74) is 3.77. The van der Waals surface area contributed by atoms with E-state index < -0.39 is 10.0 Å². The average Bonchev–Trinajstić information content (AvgIpc) is 2.39. The van der Waals surface area contributed by atoms with Crippen LogP contribution < -0.4 is 4.90 Å². The van der Waals surface area contributed by atoms with Crippen molar-refractivity contribution in [1.82, 2.24) is 4.31 Å². The number of piperazine rings is 1. The highest BCUT2D eigenvalue weighted by molar-refractivity contribution is 7.89. The molecule has 0 bridgehead atoms. The molecule has 1 aromatic carbocycles. The number of rotatable bonds is 3. The van der Waals surface area contributed by atoms with Crippen LogP contribution in [0.25, 0.3) is 0 Å². The minimum Gasteiger partial charge on any atom is -0.368 e. The molecule has 1 aliphatic rings. The number of benzene rings is 1. The molecule has 4 nitrogen and oxygen atoms in total. The minimum atomic E-state index is -3.04. The Hall–Kier alpha value is -1.07. The normalized spacial score (nSPS) is 17.7. The second-order valence-corrected chi connectivity index (χ2v) is 7.28. The van der Waals surface area contributed by atoms with E-state index in [-0.39, 0.29) is 5.75 Å². The van der Waals surface area contributed by atoms with Crippen LogP contribution in [-0.2, 0) is 10.0 Å². The summed E-state index contributed by atoms with van der Waals surface area (Å²) in [7, 11) is -3.04. The fourth-order valence-electron chi connectivity index (χ4n) is 2.68. The molecule has 0 amide bonds. The van der Waals surface area contributed by atoms with Gasteiger partial charge in [0.15, 0.2) is 0 Å². The van der Waals surface area contributed by atoms with Gasteiger partial charge in [-0.25, -0.2) is 8.42 Å². The van der Waals surface area contributed by atoms with E-state index >= 15 is 0 Å². The molecule has 1 saturated heterocycles. The Kier molecular flexibility index (Phi) is 4.16. The van der Waals surface area contributed by atoms with Crippen molar-refractivity contribution in [2.75, 3.05) is 36.8 Å². The average molecular weight is 282 g/mol. The molecule has 1 aromatic rings. The van der Waals surface area contributed by atoms with Gasteiger partial charge >= 0.3 is 0 Å². The van der Waals surface area contributed by atoms with Gasteiger partial charge in [-0.3, -0.25) is 0 Å². The maximum absolute atomic E-state index is 11.8. The standard InChI is InChI=1S/C14H22N2O2S/c1-4-19(17,18)16-10-8-15(9-11-16)14-12(2)6-5-7-13(14)3/h5-7H,4,8-11H2,1-3H3. The van der Waals surface area contributed by atoms with Crippen LogP contribution in [0, 0.1) is 13.8 Å². The maximum atomic E-state index is 11.8. The third-order valence-electron chi connectivity index (χ3n) is 3.75. The summed E-state index contributed by atoms with van der Waals surface area (Å²) < 4.78 is 25.3. The fourth-order valence-corrected chi connectivity index (χ4v) is 3.76. The molecule has 0 saturated carbocycles. The van der Waals surface area contributed by atoms with E-state index in [2.05, 4.69) is 36.9 Å². The predicted octanol–water partition coefficient (Wildman–Crippen LogP) is 1.78. The summed E-state index contributed by atoms with van der Waals surface area (Å²) in [6, 6.07) is 6.28. The topological polar surface area (TPSA) is 40.6 Å². The molecule has 0 N–H and O–H groups in total. The number of nitrogens with zero attached hydrogens (tertiary/aromatic N) is 2. The van der Waals surface area contributed by atoms with Crippen molar-refractivity contribution in [3.63, 3.8) is 0 Å². The molecular formula is C14H22N2O2S. The second kappa shape index (κ2) is 5.51. The molecule has 1 fully saturated rings.